The van der Waals surface area contributed by atoms with Gasteiger partial charge in [0.1, 0.15) is 6.04 Å². The van der Waals surface area contributed by atoms with Crippen LogP contribution >= 0.6 is 0 Å². The first-order valence-electron chi connectivity index (χ1n) is 7.32. The molecular formula is C14H26N2O2. The van der Waals surface area contributed by atoms with Crippen molar-refractivity contribution < 1.29 is 9.90 Å². The number of carboxylic acids is 1. The highest BCUT2D eigenvalue weighted by Crippen LogP contribution is 2.25. The molecule has 2 heterocycles. The van der Waals surface area contributed by atoms with E-state index >= 15 is 0 Å². The Balaban J connectivity index is 2.02. The number of hydrogen-bond acceptors (Lipinski definition) is 3. The predicted molar refractivity (Wildman–Crippen MR) is 71.7 cm³/mol. The second-order valence-corrected chi connectivity index (χ2v) is 5.97. The molecule has 4 heteroatoms. The van der Waals surface area contributed by atoms with E-state index in [1.807, 2.05) is 0 Å². The van der Waals surface area contributed by atoms with Crippen LogP contribution in [0.25, 0.3) is 0 Å². The summed E-state index contributed by atoms with van der Waals surface area (Å²) in [6.07, 6.45) is 5.35. The molecule has 2 fully saturated rings. The second kappa shape index (κ2) is 6.02. The maximum absolute atomic E-state index is 11.4. The first kappa shape index (κ1) is 13.8. The maximum atomic E-state index is 11.4. The topological polar surface area (TPSA) is 43.8 Å². The number of likely N-dealkylation sites (tertiary alicyclic amines) is 2. The van der Waals surface area contributed by atoms with Crippen molar-refractivity contribution >= 4 is 5.97 Å². The molecule has 2 saturated heterocycles. The molecule has 0 spiro atoms. The largest absolute Gasteiger partial charge is 0.480 e. The Morgan fingerprint density at radius 1 is 1.17 bits per heavy atom. The molecule has 2 atom stereocenters. The predicted octanol–water partition coefficient (Wildman–Crippen LogP) is 1.80. The van der Waals surface area contributed by atoms with Gasteiger partial charge in [-0.3, -0.25) is 14.6 Å². The molecular weight excluding hydrogens is 228 g/mol. The van der Waals surface area contributed by atoms with E-state index in [2.05, 4.69) is 23.6 Å². The lowest BCUT2D eigenvalue weighted by Crippen LogP contribution is -2.48. The van der Waals surface area contributed by atoms with Crippen molar-refractivity contribution in [1.29, 1.82) is 0 Å². The molecule has 2 aliphatic rings. The number of hydrogen-bond donors (Lipinski definition) is 1. The van der Waals surface area contributed by atoms with Gasteiger partial charge in [0.2, 0.25) is 0 Å². The zero-order valence-electron chi connectivity index (χ0n) is 11.6. The molecule has 104 valence electrons. The lowest BCUT2D eigenvalue weighted by atomic mass is 10.1. The van der Waals surface area contributed by atoms with Gasteiger partial charge in [-0.05, 0) is 39.7 Å². The lowest BCUT2D eigenvalue weighted by Gasteiger charge is -2.33. The third-order valence-electron chi connectivity index (χ3n) is 4.47. The van der Waals surface area contributed by atoms with E-state index in [0.29, 0.717) is 12.1 Å². The van der Waals surface area contributed by atoms with Gasteiger partial charge in [-0.25, -0.2) is 0 Å². The highest BCUT2D eigenvalue weighted by Gasteiger charge is 2.36. The number of carbonyl (C=O) groups is 1. The van der Waals surface area contributed by atoms with E-state index in [1.165, 1.54) is 6.42 Å². The number of carboxylic acid groups (broad SMARTS) is 1. The van der Waals surface area contributed by atoms with Crippen molar-refractivity contribution in [2.24, 2.45) is 0 Å². The van der Waals surface area contributed by atoms with Crippen LogP contribution in [0.5, 0.6) is 0 Å². The van der Waals surface area contributed by atoms with Gasteiger partial charge in [-0.15, -0.1) is 0 Å². The van der Waals surface area contributed by atoms with Crippen LogP contribution in [0.15, 0.2) is 0 Å². The van der Waals surface area contributed by atoms with Gasteiger partial charge in [-0.2, -0.15) is 0 Å². The number of nitrogens with zero attached hydrogens (tertiary/aromatic N) is 2. The third-order valence-corrected chi connectivity index (χ3v) is 4.47. The number of aliphatic carboxylic acids is 1. The fourth-order valence-corrected chi connectivity index (χ4v) is 3.34. The molecule has 0 aromatic heterocycles. The SMILES string of the molecule is CC(C)N1CCC(N2CCCCCC2C(=O)O)C1. The highest BCUT2D eigenvalue weighted by atomic mass is 16.4. The standard InChI is InChI=1S/C14H26N2O2/c1-11(2)15-9-7-12(10-15)16-8-5-3-4-6-13(16)14(17)18/h11-13H,3-10H2,1-2H3,(H,17,18). The van der Waals surface area contributed by atoms with Crippen LogP contribution in [-0.2, 0) is 4.79 Å². The summed E-state index contributed by atoms with van der Waals surface area (Å²) >= 11 is 0. The minimum absolute atomic E-state index is 0.246. The monoisotopic (exact) mass is 254 g/mol. The third kappa shape index (κ3) is 3.04. The summed E-state index contributed by atoms with van der Waals surface area (Å²) in [5, 5.41) is 9.41. The van der Waals surface area contributed by atoms with Crippen molar-refractivity contribution in [1.82, 2.24) is 9.80 Å². The Morgan fingerprint density at radius 2 is 1.94 bits per heavy atom. The van der Waals surface area contributed by atoms with E-state index in [-0.39, 0.29) is 6.04 Å². The Labute approximate surface area is 110 Å². The minimum atomic E-state index is -0.625. The molecule has 0 saturated carbocycles. The van der Waals surface area contributed by atoms with Crippen LogP contribution < -0.4 is 0 Å². The van der Waals surface area contributed by atoms with Crippen molar-refractivity contribution in [2.45, 2.75) is 64.1 Å². The van der Waals surface area contributed by atoms with E-state index in [4.69, 9.17) is 0 Å². The van der Waals surface area contributed by atoms with E-state index < -0.39 is 5.97 Å². The van der Waals surface area contributed by atoms with E-state index in [0.717, 1.165) is 45.3 Å². The summed E-state index contributed by atoms with van der Waals surface area (Å²) in [4.78, 5) is 16.2. The summed E-state index contributed by atoms with van der Waals surface area (Å²) < 4.78 is 0. The normalized spacial score (nSPS) is 31.7. The molecule has 2 aliphatic heterocycles. The summed E-state index contributed by atoms with van der Waals surface area (Å²) in [5.41, 5.74) is 0. The highest BCUT2D eigenvalue weighted by molar-refractivity contribution is 5.73. The molecule has 0 amide bonds. The molecule has 2 rings (SSSR count). The lowest BCUT2D eigenvalue weighted by molar-refractivity contribution is -0.144. The number of rotatable bonds is 3. The first-order valence-corrected chi connectivity index (χ1v) is 7.32. The summed E-state index contributed by atoms with van der Waals surface area (Å²) in [5.74, 6) is -0.625. The molecule has 0 aromatic carbocycles. The maximum Gasteiger partial charge on any atom is 0.320 e. The van der Waals surface area contributed by atoms with Crippen LogP contribution in [0, 0.1) is 0 Å². The van der Waals surface area contributed by atoms with Gasteiger partial charge in [0.05, 0.1) is 0 Å². The Hall–Kier alpha value is -0.610. The molecule has 0 bridgehead atoms. The molecule has 2 unspecified atom stereocenters. The van der Waals surface area contributed by atoms with Crippen LogP contribution in [0.4, 0.5) is 0 Å². The zero-order chi connectivity index (χ0) is 13.1. The first-order chi connectivity index (χ1) is 8.59. The summed E-state index contributed by atoms with van der Waals surface area (Å²) in [6.45, 7) is 7.57. The Morgan fingerprint density at radius 3 is 2.56 bits per heavy atom. The zero-order valence-corrected chi connectivity index (χ0v) is 11.6. The molecule has 4 nitrogen and oxygen atoms in total. The minimum Gasteiger partial charge on any atom is -0.480 e. The van der Waals surface area contributed by atoms with Gasteiger partial charge in [-0.1, -0.05) is 12.8 Å². The van der Waals surface area contributed by atoms with Gasteiger partial charge in [0, 0.05) is 25.2 Å². The van der Waals surface area contributed by atoms with Crippen LogP contribution in [-0.4, -0.2) is 58.6 Å². The van der Waals surface area contributed by atoms with Crippen molar-refractivity contribution in [2.75, 3.05) is 19.6 Å². The summed E-state index contributed by atoms with van der Waals surface area (Å²) in [6, 6.07) is 0.779. The van der Waals surface area contributed by atoms with Crippen LogP contribution in [0.3, 0.4) is 0 Å². The van der Waals surface area contributed by atoms with E-state index in [9.17, 15) is 9.90 Å². The fourth-order valence-electron chi connectivity index (χ4n) is 3.34. The second-order valence-electron chi connectivity index (χ2n) is 5.97. The van der Waals surface area contributed by atoms with Crippen molar-refractivity contribution in [3.63, 3.8) is 0 Å². The smallest absolute Gasteiger partial charge is 0.320 e. The van der Waals surface area contributed by atoms with Crippen molar-refractivity contribution in [3.05, 3.63) is 0 Å². The molecule has 0 aromatic rings. The summed E-state index contributed by atoms with van der Waals surface area (Å²) in [7, 11) is 0. The van der Waals surface area contributed by atoms with E-state index in [1.54, 1.807) is 0 Å². The molecule has 0 radical (unpaired) electrons. The Bertz CT molecular complexity index is 294. The average molecular weight is 254 g/mol. The molecule has 18 heavy (non-hydrogen) atoms. The van der Waals surface area contributed by atoms with Crippen LogP contribution in [0.2, 0.25) is 0 Å². The Kier molecular flexibility index (Phi) is 4.62. The van der Waals surface area contributed by atoms with Crippen LogP contribution in [0.1, 0.15) is 46.0 Å². The quantitative estimate of drug-likeness (QED) is 0.834. The van der Waals surface area contributed by atoms with Gasteiger partial charge < -0.3 is 5.11 Å². The van der Waals surface area contributed by atoms with Crippen molar-refractivity contribution in [3.8, 4) is 0 Å². The van der Waals surface area contributed by atoms with Gasteiger partial charge in [0.25, 0.3) is 0 Å². The average Bonchev–Trinajstić information content (AvgIpc) is 2.67. The van der Waals surface area contributed by atoms with Gasteiger partial charge in [0.15, 0.2) is 0 Å². The fraction of sp³-hybridized carbons (Fsp3) is 0.929. The van der Waals surface area contributed by atoms with Gasteiger partial charge >= 0.3 is 5.97 Å². The molecule has 0 aliphatic carbocycles. The molecule has 1 N–H and O–H groups in total.